The molecule has 0 aliphatic heterocycles. The zero-order valence-corrected chi connectivity index (χ0v) is 10.3. The number of hydrogen-bond donors (Lipinski definition) is 0. The van der Waals surface area contributed by atoms with Gasteiger partial charge in [0.1, 0.15) is 0 Å². The molecular formula is C13H13N3O2. The van der Waals surface area contributed by atoms with E-state index in [2.05, 4.69) is 15.0 Å². The van der Waals surface area contributed by atoms with Gasteiger partial charge in [0.25, 0.3) is 0 Å². The van der Waals surface area contributed by atoms with Crippen molar-refractivity contribution < 1.29 is 9.53 Å². The first kappa shape index (κ1) is 12.2. The van der Waals surface area contributed by atoms with Gasteiger partial charge >= 0.3 is 6.01 Å². The van der Waals surface area contributed by atoms with Crippen LogP contribution in [0.15, 0.2) is 24.5 Å². The Morgan fingerprint density at radius 2 is 2.00 bits per heavy atom. The van der Waals surface area contributed by atoms with E-state index in [0.29, 0.717) is 17.6 Å². The molecule has 2 rings (SSSR count). The molecule has 5 heteroatoms. The average Bonchev–Trinajstić information content (AvgIpc) is 2.41. The fourth-order valence-corrected chi connectivity index (χ4v) is 1.48. The molecule has 0 saturated heterocycles. The van der Waals surface area contributed by atoms with Gasteiger partial charge in [-0.15, -0.1) is 0 Å². The van der Waals surface area contributed by atoms with Crippen LogP contribution in [0, 0.1) is 6.92 Å². The summed E-state index contributed by atoms with van der Waals surface area (Å²) in [7, 11) is 0. The third kappa shape index (κ3) is 2.68. The molecule has 18 heavy (non-hydrogen) atoms. The van der Waals surface area contributed by atoms with Crippen molar-refractivity contribution in [1.82, 2.24) is 15.0 Å². The zero-order chi connectivity index (χ0) is 13.0. The van der Waals surface area contributed by atoms with Crippen molar-refractivity contribution in [3.05, 3.63) is 41.5 Å². The van der Waals surface area contributed by atoms with Gasteiger partial charge in [-0.2, -0.15) is 0 Å². The third-order valence-corrected chi connectivity index (χ3v) is 2.39. The first-order valence-corrected chi connectivity index (χ1v) is 5.64. The predicted molar refractivity (Wildman–Crippen MR) is 65.8 cm³/mol. The van der Waals surface area contributed by atoms with Crippen molar-refractivity contribution in [3.8, 4) is 11.8 Å². The first-order valence-electron chi connectivity index (χ1n) is 5.64. The molecule has 0 radical (unpaired) electrons. The molecule has 2 aromatic rings. The van der Waals surface area contributed by atoms with Crippen LogP contribution in [0.4, 0.5) is 0 Å². The molecule has 0 aliphatic carbocycles. The number of rotatable bonds is 4. The number of carbonyl (C=O) groups excluding carboxylic acids is 1. The Labute approximate surface area is 105 Å². The van der Waals surface area contributed by atoms with Crippen molar-refractivity contribution in [2.45, 2.75) is 20.3 Å². The fourth-order valence-electron chi connectivity index (χ4n) is 1.48. The number of aromatic nitrogens is 3. The lowest BCUT2D eigenvalue weighted by Gasteiger charge is -2.08. The summed E-state index contributed by atoms with van der Waals surface area (Å²) in [5.74, 6) is 0.641. The molecule has 0 bridgehead atoms. The van der Waals surface area contributed by atoms with Gasteiger partial charge < -0.3 is 4.74 Å². The first-order chi connectivity index (χ1) is 8.72. The summed E-state index contributed by atoms with van der Waals surface area (Å²) in [5, 5.41) is 0. The number of hydrogen-bond acceptors (Lipinski definition) is 5. The van der Waals surface area contributed by atoms with E-state index in [-0.39, 0.29) is 6.01 Å². The lowest BCUT2D eigenvalue weighted by Crippen LogP contribution is -1.98. The minimum absolute atomic E-state index is 0.209. The van der Waals surface area contributed by atoms with Gasteiger partial charge in [0.05, 0.1) is 11.3 Å². The Kier molecular flexibility index (Phi) is 3.62. The smallest absolute Gasteiger partial charge is 0.321 e. The van der Waals surface area contributed by atoms with Crippen LogP contribution in [0.2, 0.25) is 0 Å². The van der Waals surface area contributed by atoms with Crippen LogP contribution < -0.4 is 4.74 Å². The van der Waals surface area contributed by atoms with Crippen LogP contribution >= 0.6 is 0 Å². The maximum atomic E-state index is 10.5. The minimum atomic E-state index is 0.209. The highest BCUT2D eigenvalue weighted by molar-refractivity contribution is 5.73. The van der Waals surface area contributed by atoms with E-state index >= 15 is 0 Å². The number of carbonyl (C=O) groups is 1. The number of aldehydes is 1. The highest BCUT2D eigenvalue weighted by Crippen LogP contribution is 2.22. The molecule has 0 N–H and O–H groups in total. The van der Waals surface area contributed by atoms with E-state index < -0.39 is 0 Å². The number of ether oxygens (including phenoxy) is 1. The van der Waals surface area contributed by atoms with Crippen molar-refractivity contribution in [3.63, 3.8) is 0 Å². The van der Waals surface area contributed by atoms with Crippen LogP contribution in [0.3, 0.4) is 0 Å². The molecule has 0 aromatic carbocycles. The summed E-state index contributed by atoms with van der Waals surface area (Å²) in [4.78, 5) is 22.8. The second-order valence-corrected chi connectivity index (χ2v) is 3.77. The van der Waals surface area contributed by atoms with E-state index in [1.54, 1.807) is 0 Å². The summed E-state index contributed by atoms with van der Waals surface area (Å²) >= 11 is 0. The normalized spacial score (nSPS) is 10.1. The molecule has 5 nitrogen and oxygen atoms in total. The van der Waals surface area contributed by atoms with Crippen LogP contribution in [0.25, 0.3) is 0 Å². The second kappa shape index (κ2) is 5.35. The Balaban J connectivity index is 2.24. The molecule has 0 amide bonds. The van der Waals surface area contributed by atoms with Gasteiger partial charge in [0, 0.05) is 18.1 Å². The lowest BCUT2D eigenvalue weighted by atomic mass is 10.2. The lowest BCUT2D eigenvalue weighted by molar-refractivity contribution is 0.112. The van der Waals surface area contributed by atoms with Crippen LogP contribution in [0.5, 0.6) is 11.8 Å². The van der Waals surface area contributed by atoms with Crippen molar-refractivity contribution in [1.29, 1.82) is 0 Å². The fraction of sp³-hybridized carbons (Fsp3) is 0.231. The molecule has 0 unspecified atom stereocenters. The van der Waals surface area contributed by atoms with Crippen molar-refractivity contribution in [2.24, 2.45) is 0 Å². The maximum absolute atomic E-state index is 10.5. The van der Waals surface area contributed by atoms with E-state index in [1.165, 1.54) is 12.4 Å². The Hall–Kier alpha value is -2.30. The molecule has 0 fully saturated rings. The van der Waals surface area contributed by atoms with Gasteiger partial charge in [-0.3, -0.25) is 9.78 Å². The molecule has 0 spiro atoms. The monoisotopic (exact) mass is 243 g/mol. The largest absolute Gasteiger partial charge is 0.422 e. The number of nitrogens with zero attached hydrogens (tertiary/aromatic N) is 3. The number of aryl methyl sites for hydroxylation is 2. The van der Waals surface area contributed by atoms with E-state index in [1.807, 2.05) is 26.0 Å². The van der Waals surface area contributed by atoms with Gasteiger partial charge in [0.2, 0.25) is 0 Å². The predicted octanol–water partition coefficient (Wildman–Crippen LogP) is 2.35. The molecule has 0 aliphatic rings. The standard InChI is InChI=1S/C13H13N3O2/c1-3-11-12(5-4-9(2)16-11)18-13-14-6-10(8-17)7-15-13/h4-8H,3H2,1-2H3. The SMILES string of the molecule is CCc1nc(C)ccc1Oc1ncc(C=O)cn1. The zero-order valence-electron chi connectivity index (χ0n) is 10.3. The summed E-state index contributed by atoms with van der Waals surface area (Å²) < 4.78 is 5.55. The topological polar surface area (TPSA) is 65.0 Å². The summed E-state index contributed by atoms with van der Waals surface area (Å²) in [5.41, 5.74) is 2.22. The highest BCUT2D eigenvalue weighted by atomic mass is 16.5. The second-order valence-electron chi connectivity index (χ2n) is 3.77. The average molecular weight is 243 g/mol. The van der Waals surface area contributed by atoms with Crippen LogP contribution in [-0.2, 0) is 6.42 Å². The molecule has 0 saturated carbocycles. The van der Waals surface area contributed by atoms with Crippen LogP contribution in [0.1, 0.15) is 28.7 Å². The molecule has 2 aromatic heterocycles. The quantitative estimate of drug-likeness (QED) is 0.771. The number of pyridine rings is 1. The van der Waals surface area contributed by atoms with Crippen molar-refractivity contribution in [2.75, 3.05) is 0 Å². The van der Waals surface area contributed by atoms with Crippen molar-refractivity contribution >= 4 is 6.29 Å². The molecular weight excluding hydrogens is 230 g/mol. The third-order valence-electron chi connectivity index (χ3n) is 2.39. The Morgan fingerprint density at radius 1 is 1.28 bits per heavy atom. The maximum Gasteiger partial charge on any atom is 0.321 e. The summed E-state index contributed by atoms with van der Waals surface area (Å²) in [6.45, 7) is 3.93. The van der Waals surface area contributed by atoms with E-state index in [9.17, 15) is 4.79 Å². The Morgan fingerprint density at radius 3 is 2.61 bits per heavy atom. The minimum Gasteiger partial charge on any atom is -0.422 e. The van der Waals surface area contributed by atoms with Gasteiger partial charge in [-0.05, 0) is 25.5 Å². The van der Waals surface area contributed by atoms with E-state index in [0.717, 1.165) is 17.8 Å². The van der Waals surface area contributed by atoms with Gasteiger partial charge in [-0.25, -0.2) is 9.97 Å². The Bertz CT molecular complexity index is 553. The van der Waals surface area contributed by atoms with Gasteiger partial charge in [0.15, 0.2) is 12.0 Å². The molecule has 0 atom stereocenters. The molecule has 2 heterocycles. The van der Waals surface area contributed by atoms with E-state index in [4.69, 9.17) is 4.74 Å². The summed E-state index contributed by atoms with van der Waals surface area (Å²) in [6.07, 6.45) is 4.29. The van der Waals surface area contributed by atoms with Gasteiger partial charge in [-0.1, -0.05) is 6.92 Å². The molecule has 92 valence electrons. The highest BCUT2D eigenvalue weighted by Gasteiger charge is 2.07. The summed E-state index contributed by atoms with van der Waals surface area (Å²) in [6, 6.07) is 3.92. The van der Waals surface area contributed by atoms with Crippen LogP contribution in [-0.4, -0.2) is 21.2 Å².